The second-order valence-electron chi connectivity index (χ2n) is 5.40. The van der Waals surface area contributed by atoms with Crippen LogP contribution in [0.15, 0.2) is 28.6 Å². The number of halogens is 1. The molecule has 4 nitrogen and oxygen atoms in total. The predicted octanol–water partition coefficient (Wildman–Crippen LogP) is 2.40. The second-order valence-corrected chi connectivity index (χ2v) is 8.17. The van der Waals surface area contributed by atoms with E-state index in [0.717, 1.165) is 0 Å². The van der Waals surface area contributed by atoms with Gasteiger partial charge >= 0.3 is 0 Å². The van der Waals surface area contributed by atoms with Crippen molar-refractivity contribution in [3.8, 4) is 6.07 Å². The zero-order chi connectivity index (χ0) is 18.1. The molecule has 0 fully saturated rings. The first-order valence-electron chi connectivity index (χ1n) is 7.45. The summed E-state index contributed by atoms with van der Waals surface area (Å²) in [5.74, 6) is -1.05. The van der Waals surface area contributed by atoms with Gasteiger partial charge in [0, 0.05) is 16.7 Å². The largest absolute Gasteiger partial charge is 0.321 e. The fourth-order valence-electron chi connectivity index (χ4n) is 1.81. The van der Waals surface area contributed by atoms with Gasteiger partial charge in [0.15, 0.2) is 0 Å². The zero-order valence-corrected chi connectivity index (χ0v) is 12.5. The van der Waals surface area contributed by atoms with Crippen LogP contribution in [0.2, 0.25) is 0 Å². The van der Waals surface area contributed by atoms with Gasteiger partial charge in [-0.1, -0.05) is 18.2 Å². The molecular formula is C14H20FN3OS. The molecule has 110 valence electrons. The fraction of sp³-hybridized carbons (Fsp3) is 0.500. The van der Waals surface area contributed by atoms with Crippen LogP contribution in [0.3, 0.4) is 0 Å². The highest BCUT2D eigenvalue weighted by molar-refractivity contribution is 7.95. The van der Waals surface area contributed by atoms with Crippen molar-refractivity contribution in [2.75, 3.05) is 12.7 Å². The van der Waals surface area contributed by atoms with Crippen LogP contribution in [-0.2, 0) is 15.3 Å². The molecule has 0 aliphatic carbocycles. The summed E-state index contributed by atoms with van der Waals surface area (Å²) in [6.07, 6.45) is 0. The number of nitrogens with zero attached hydrogens (tertiary/aromatic N) is 2. The minimum absolute atomic E-state index is 0.0854. The minimum atomic E-state index is -3.59. The van der Waals surface area contributed by atoms with Crippen LogP contribution in [0.1, 0.15) is 30.4 Å². The first-order valence-corrected chi connectivity index (χ1v) is 7.63. The van der Waals surface area contributed by atoms with Gasteiger partial charge in [-0.05, 0) is 26.8 Å². The fourth-order valence-corrected chi connectivity index (χ4v) is 3.57. The van der Waals surface area contributed by atoms with Gasteiger partial charge in [0.1, 0.15) is 10.6 Å². The number of nitrogens with two attached hydrogens (primary N) is 1. The molecular weight excluding hydrogens is 277 g/mol. The van der Waals surface area contributed by atoms with Crippen LogP contribution in [0, 0.1) is 17.1 Å². The van der Waals surface area contributed by atoms with Crippen molar-refractivity contribution in [2.24, 2.45) is 10.1 Å². The van der Waals surface area contributed by atoms with Gasteiger partial charge in [0.25, 0.3) is 0 Å². The number of benzene rings is 1. The van der Waals surface area contributed by atoms with E-state index in [1.54, 1.807) is 6.07 Å². The van der Waals surface area contributed by atoms with E-state index >= 15 is 0 Å². The Hall–Kier alpha value is -1.45. The Bertz CT molecular complexity index is 744. The van der Waals surface area contributed by atoms with Crippen molar-refractivity contribution in [1.82, 2.24) is 0 Å². The molecule has 0 bridgehead atoms. The van der Waals surface area contributed by atoms with Crippen LogP contribution >= 0.6 is 0 Å². The van der Waals surface area contributed by atoms with Gasteiger partial charge in [0.05, 0.1) is 27.1 Å². The van der Waals surface area contributed by atoms with Gasteiger partial charge in [-0.3, -0.25) is 0 Å². The average molecular weight is 300 g/mol. The standard InChI is InChI=1S/C14H20FN3OS/c1-13(2,9-16)20(19,18-4)10-14(3,17)11-7-5-6-8-12(11)15/h5-8H,10,17H2,1-4H3/i4D3. The molecule has 0 saturated carbocycles. The van der Waals surface area contributed by atoms with Gasteiger partial charge in [-0.2, -0.15) is 5.26 Å². The van der Waals surface area contributed by atoms with Crippen molar-refractivity contribution >= 4 is 9.73 Å². The monoisotopic (exact) mass is 300 g/mol. The molecule has 1 aromatic rings. The van der Waals surface area contributed by atoms with Gasteiger partial charge < -0.3 is 5.73 Å². The summed E-state index contributed by atoms with van der Waals surface area (Å²) in [6, 6.07) is 7.52. The quantitative estimate of drug-likeness (QED) is 0.927. The Morgan fingerprint density at radius 3 is 2.60 bits per heavy atom. The van der Waals surface area contributed by atoms with Gasteiger partial charge in [-0.15, -0.1) is 0 Å². The van der Waals surface area contributed by atoms with Crippen LogP contribution in [0.5, 0.6) is 0 Å². The normalized spacial score (nSPS) is 20.5. The number of rotatable bonds is 4. The molecule has 0 aliphatic rings. The molecule has 0 aliphatic heterocycles. The first-order chi connectivity index (χ1) is 10.2. The van der Waals surface area contributed by atoms with E-state index in [1.165, 1.54) is 39.0 Å². The van der Waals surface area contributed by atoms with Crippen LogP contribution in [0.4, 0.5) is 4.39 Å². The van der Waals surface area contributed by atoms with E-state index in [0.29, 0.717) is 0 Å². The molecule has 0 heterocycles. The Kier molecular flexibility index (Phi) is 3.39. The average Bonchev–Trinajstić information content (AvgIpc) is 2.35. The molecule has 0 spiro atoms. The van der Waals surface area contributed by atoms with Gasteiger partial charge in [-0.25, -0.2) is 13.0 Å². The smallest absolute Gasteiger partial charge is 0.135 e. The highest BCUT2D eigenvalue weighted by atomic mass is 32.2. The van der Waals surface area contributed by atoms with Crippen molar-refractivity contribution in [3.63, 3.8) is 0 Å². The molecule has 1 aromatic carbocycles. The van der Waals surface area contributed by atoms with E-state index in [2.05, 4.69) is 4.36 Å². The Balaban J connectivity index is 3.50. The third kappa shape index (κ3) is 3.00. The summed E-state index contributed by atoms with van der Waals surface area (Å²) < 4.78 is 50.8. The summed E-state index contributed by atoms with van der Waals surface area (Å²) in [7, 11) is -3.59. The van der Waals surface area contributed by atoms with E-state index in [4.69, 9.17) is 9.85 Å². The summed E-state index contributed by atoms with van der Waals surface area (Å²) in [4.78, 5) is 0. The molecule has 0 aromatic heterocycles. The molecule has 0 radical (unpaired) electrons. The minimum Gasteiger partial charge on any atom is -0.321 e. The topological polar surface area (TPSA) is 79.2 Å². The predicted molar refractivity (Wildman–Crippen MR) is 79.0 cm³/mol. The lowest BCUT2D eigenvalue weighted by Crippen LogP contribution is -2.46. The highest BCUT2D eigenvalue weighted by Crippen LogP contribution is 2.28. The summed E-state index contributed by atoms with van der Waals surface area (Å²) in [5, 5.41) is 9.26. The van der Waals surface area contributed by atoms with E-state index in [1.807, 2.05) is 6.07 Å². The maximum absolute atomic E-state index is 14.0. The molecule has 0 saturated heterocycles. The summed E-state index contributed by atoms with van der Waals surface area (Å²) in [5.41, 5.74) is 4.76. The molecule has 0 amide bonds. The molecule has 1 rings (SSSR count). The van der Waals surface area contributed by atoms with Crippen LogP contribution in [-0.4, -0.2) is 21.7 Å². The third-order valence-corrected chi connectivity index (χ3v) is 6.17. The molecule has 2 N–H and O–H groups in total. The Morgan fingerprint density at radius 2 is 2.10 bits per heavy atom. The highest BCUT2D eigenvalue weighted by Gasteiger charge is 2.38. The summed E-state index contributed by atoms with van der Waals surface area (Å²) >= 11 is 0. The maximum atomic E-state index is 14.0. The SMILES string of the molecule is [2H]C([2H])([2H])N=S(=O)(CC(C)(N)c1ccccc1F)C(C)(C)C#N. The molecule has 2 unspecified atom stereocenters. The number of nitriles is 1. The lowest BCUT2D eigenvalue weighted by atomic mass is 9.95. The van der Waals surface area contributed by atoms with Gasteiger partial charge in [0.2, 0.25) is 0 Å². The zero-order valence-electron chi connectivity index (χ0n) is 14.7. The Morgan fingerprint density at radius 1 is 1.50 bits per heavy atom. The second kappa shape index (κ2) is 5.51. The van der Waals surface area contributed by atoms with E-state index in [-0.39, 0.29) is 5.56 Å². The molecule has 20 heavy (non-hydrogen) atoms. The first kappa shape index (κ1) is 12.3. The lowest BCUT2D eigenvalue weighted by molar-refractivity contribution is 0.500. The van der Waals surface area contributed by atoms with Crippen molar-refractivity contribution in [2.45, 2.75) is 31.1 Å². The third-order valence-electron chi connectivity index (χ3n) is 3.20. The van der Waals surface area contributed by atoms with Crippen molar-refractivity contribution in [3.05, 3.63) is 35.6 Å². The lowest BCUT2D eigenvalue weighted by Gasteiger charge is -2.31. The maximum Gasteiger partial charge on any atom is 0.135 e. The molecule has 2 atom stereocenters. The number of hydrogen-bond acceptors (Lipinski definition) is 4. The number of hydrogen-bond donors (Lipinski definition) is 1. The van der Waals surface area contributed by atoms with Crippen molar-refractivity contribution < 1.29 is 12.7 Å². The van der Waals surface area contributed by atoms with Crippen LogP contribution in [0.25, 0.3) is 0 Å². The van der Waals surface area contributed by atoms with Crippen LogP contribution < -0.4 is 5.73 Å². The summed E-state index contributed by atoms with van der Waals surface area (Å²) in [6.45, 7) is 1.26. The van der Waals surface area contributed by atoms with E-state index < -0.39 is 38.6 Å². The van der Waals surface area contributed by atoms with E-state index in [9.17, 15) is 13.9 Å². The van der Waals surface area contributed by atoms with Crippen molar-refractivity contribution in [1.29, 1.82) is 5.26 Å². The molecule has 6 heteroatoms. The Labute approximate surface area is 124 Å².